The lowest BCUT2D eigenvalue weighted by molar-refractivity contribution is -0.196. The highest BCUT2D eigenvalue weighted by molar-refractivity contribution is 5.80. The first kappa shape index (κ1) is 22.7. The van der Waals surface area contributed by atoms with Crippen molar-refractivity contribution in [2.45, 2.75) is 96.8 Å². The van der Waals surface area contributed by atoms with Crippen LogP contribution in [-0.2, 0) is 32.1 Å². The van der Waals surface area contributed by atoms with Crippen LogP contribution in [0.1, 0.15) is 59.6 Å². The molecule has 0 spiro atoms. The number of unbranched alkanes of at least 4 members (excludes halogenated alkanes) is 2. The quantitative estimate of drug-likeness (QED) is 0.632. The topological polar surface area (TPSA) is 133 Å². The maximum atomic E-state index is 13.4. The van der Waals surface area contributed by atoms with Crippen LogP contribution < -0.4 is 17.0 Å². The molecular weight excluding hydrogens is 418 g/mol. The lowest BCUT2D eigenvalue weighted by Gasteiger charge is -2.24. The Hall–Kier alpha value is -2.50. The van der Waals surface area contributed by atoms with Crippen LogP contribution in [0.15, 0.2) is 15.9 Å². The molecule has 1 amide bonds. The fraction of sp³-hybridized carbons (Fsp3) is 0.714. The zero-order valence-corrected chi connectivity index (χ0v) is 18.9. The molecule has 2 aromatic heterocycles. The van der Waals surface area contributed by atoms with Crippen LogP contribution in [-0.4, -0.2) is 48.7 Å². The van der Waals surface area contributed by atoms with Gasteiger partial charge in [-0.2, -0.15) is 0 Å². The van der Waals surface area contributed by atoms with Gasteiger partial charge in [-0.05, 0) is 26.7 Å². The first-order chi connectivity index (χ1) is 15.2. The van der Waals surface area contributed by atoms with Crippen molar-refractivity contribution in [1.82, 2.24) is 18.7 Å². The zero-order valence-electron chi connectivity index (χ0n) is 18.9. The second-order valence-corrected chi connectivity index (χ2v) is 8.84. The number of nitrogens with zero attached hydrogens (tertiary/aromatic N) is 4. The molecule has 2 N–H and O–H groups in total. The first-order valence-electron chi connectivity index (χ1n) is 11.2. The van der Waals surface area contributed by atoms with Crippen molar-refractivity contribution in [3.8, 4) is 0 Å². The van der Waals surface area contributed by atoms with Crippen molar-refractivity contribution in [3.05, 3.63) is 27.2 Å². The fourth-order valence-corrected chi connectivity index (χ4v) is 4.46. The van der Waals surface area contributed by atoms with Crippen LogP contribution in [0.3, 0.4) is 0 Å². The van der Waals surface area contributed by atoms with Gasteiger partial charge in [0.15, 0.2) is 29.3 Å². The summed E-state index contributed by atoms with van der Waals surface area (Å²) in [5.41, 5.74) is 5.27. The summed E-state index contributed by atoms with van der Waals surface area (Å²) in [5, 5.41) is 0. The molecule has 0 aromatic carbocycles. The van der Waals surface area contributed by atoms with Crippen molar-refractivity contribution in [3.63, 3.8) is 0 Å². The number of carbonyl (C=O) groups excluding carboxylic acids is 1. The van der Waals surface area contributed by atoms with E-state index >= 15 is 0 Å². The molecule has 11 nitrogen and oxygen atoms in total. The zero-order chi connectivity index (χ0) is 23.2. The molecule has 0 aliphatic carbocycles. The van der Waals surface area contributed by atoms with Gasteiger partial charge in [0.05, 0.1) is 6.33 Å². The van der Waals surface area contributed by atoms with Gasteiger partial charge in [-0.3, -0.25) is 23.3 Å². The highest BCUT2D eigenvalue weighted by atomic mass is 16.8. The summed E-state index contributed by atoms with van der Waals surface area (Å²) in [5.74, 6) is -1.61. The van der Waals surface area contributed by atoms with E-state index in [-0.39, 0.29) is 11.2 Å². The van der Waals surface area contributed by atoms with Crippen molar-refractivity contribution in [1.29, 1.82) is 0 Å². The molecule has 4 rings (SSSR count). The maximum absolute atomic E-state index is 13.4. The summed E-state index contributed by atoms with van der Waals surface area (Å²) in [6, 6.07) is 0. The van der Waals surface area contributed by atoms with Gasteiger partial charge in [0.25, 0.3) is 5.56 Å². The van der Waals surface area contributed by atoms with Crippen molar-refractivity contribution in [2.75, 3.05) is 0 Å². The molecule has 0 unspecified atom stereocenters. The summed E-state index contributed by atoms with van der Waals surface area (Å²) in [6.45, 7) is 8.28. The van der Waals surface area contributed by atoms with Gasteiger partial charge < -0.3 is 19.9 Å². The van der Waals surface area contributed by atoms with Crippen molar-refractivity contribution >= 4 is 17.1 Å². The minimum atomic E-state index is -1.03. The van der Waals surface area contributed by atoms with E-state index in [2.05, 4.69) is 4.98 Å². The third kappa shape index (κ3) is 3.67. The van der Waals surface area contributed by atoms with Crippen LogP contribution in [0.25, 0.3) is 11.2 Å². The van der Waals surface area contributed by atoms with Crippen LogP contribution in [0.2, 0.25) is 0 Å². The number of carbonyl (C=O) groups is 1. The molecule has 4 atom stereocenters. The molecule has 0 bridgehead atoms. The largest absolute Gasteiger partial charge is 0.367 e. The number of nitrogens with two attached hydrogens (primary N) is 1. The molecule has 0 saturated carbocycles. The first-order valence-corrected chi connectivity index (χ1v) is 11.2. The highest BCUT2D eigenvalue weighted by Gasteiger charge is 2.58. The van der Waals surface area contributed by atoms with Crippen LogP contribution in [0.5, 0.6) is 0 Å². The Balaban J connectivity index is 1.87. The predicted molar refractivity (Wildman–Crippen MR) is 115 cm³/mol. The molecule has 11 heteroatoms. The maximum Gasteiger partial charge on any atom is 0.332 e. The molecule has 2 aliphatic heterocycles. The van der Waals surface area contributed by atoms with Gasteiger partial charge in [-0.15, -0.1) is 0 Å². The van der Waals surface area contributed by atoms with Crippen molar-refractivity contribution in [2.24, 2.45) is 5.73 Å². The summed E-state index contributed by atoms with van der Waals surface area (Å²) in [7, 11) is 0. The van der Waals surface area contributed by atoms with Crippen LogP contribution in [0, 0.1) is 0 Å². The molecule has 4 heterocycles. The number of rotatable bonds is 8. The third-order valence-electron chi connectivity index (χ3n) is 5.99. The Morgan fingerprint density at radius 1 is 1.09 bits per heavy atom. The summed E-state index contributed by atoms with van der Waals surface area (Å²) in [4.78, 5) is 42.9. The number of aromatic nitrogens is 4. The molecule has 2 aromatic rings. The fourth-order valence-electron chi connectivity index (χ4n) is 4.46. The Labute approximate surface area is 185 Å². The molecule has 2 aliphatic rings. The van der Waals surface area contributed by atoms with Crippen LogP contribution >= 0.6 is 0 Å². The Kier molecular flexibility index (Phi) is 5.99. The van der Waals surface area contributed by atoms with Gasteiger partial charge in [0, 0.05) is 13.1 Å². The number of ether oxygens (including phenoxy) is 3. The number of amides is 1. The van der Waals surface area contributed by atoms with Gasteiger partial charge in [0.2, 0.25) is 5.91 Å². The van der Waals surface area contributed by atoms with E-state index in [4.69, 9.17) is 19.9 Å². The minimum Gasteiger partial charge on any atom is -0.367 e. The second kappa shape index (κ2) is 8.45. The predicted octanol–water partition coefficient (Wildman–Crippen LogP) is 0.863. The van der Waals surface area contributed by atoms with Gasteiger partial charge in [0.1, 0.15) is 12.2 Å². The van der Waals surface area contributed by atoms with Gasteiger partial charge in [-0.1, -0.05) is 26.7 Å². The monoisotopic (exact) mass is 449 g/mol. The lowest BCUT2D eigenvalue weighted by atomic mass is 10.1. The van der Waals surface area contributed by atoms with Gasteiger partial charge >= 0.3 is 5.69 Å². The standard InChI is InChI=1S/C21H31N5O6/c1-5-7-9-24-17-12(18(28)25(20(24)29)10-8-6-2)26(11-23-17)19-15-13(14(30-19)16(22)27)31-21(3,4)32-15/h11,13-15,19H,5-10H2,1-4H3,(H2,22,27)/t13-,14+,15-,19-/m1/s1. The SMILES string of the molecule is CCCCn1c(=O)c2c(ncn2[C@@H]2O[C@H](C(N)=O)[C@H]3OC(C)(C)O[C@H]32)n(CCCC)c1=O. The molecular formula is C21H31N5O6. The van der Waals surface area contributed by atoms with E-state index in [1.165, 1.54) is 10.9 Å². The minimum absolute atomic E-state index is 0.235. The third-order valence-corrected chi connectivity index (χ3v) is 5.99. The number of primary amides is 1. The van der Waals surface area contributed by atoms with E-state index in [1.807, 2.05) is 13.8 Å². The Bertz CT molecular complexity index is 1130. The average molecular weight is 450 g/mol. The van der Waals surface area contributed by atoms with Crippen molar-refractivity contribution < 1.29 is 19.0 Å². The number of aryl methyl sites for hydroxylation is 1. The Morgan fingerprint density at radius 3 is 2.34 bits per heavy atom. The molecule has 176 valence electrons. The smallest absolute Gasteiger partial charge is 0.332 e. The summed E-state index contributed by atoms with van der Waals surface area (Å²) < 4.78 is 22.2. The lowest BCUT2D eigenvalue weighted by Crippen LogP contribution is -2.41. The van der Waals surface area contributed by atoms with Crippen LogP contribution in [0.4, 0.5) is 0 Å². The highest BCUT2D eigenvalue weighted by Crippen LogP contribution is 2.43. The van der Waals surface area contributed by atoms with E-state index in [1.54, 1.807) is 23.0 Å². The molecule has 32 heavy (non-hydrogen) atoms. The summed E-state index contributed by atoms with van der Waals surface area (Å²) in [6.07, 6.45) is 1.39. The van der Waals surface area contributed by atoms with E-state index in [0.717, 1.165) is 19.3 Å². The van der Waals surface area contributed by atoms with E-state index < -0.39 is 41.8 Å². The van der Waals surface area contributed by atoms with E-state index in [0.29, 0.717) is 25.2 Å². The number of imidazole rings is 1. The average Bonchev–Trinajstić information content (AvgIpc) is 3.38. The second-order valence-electron chi connectivity index (χ2n) is 8.84. The molecule has 0 radical (unpaired) electrons. The number of hydrogen-bond acceptors (Lipinski definition) is 7. The Morgan fingerprint density at radius 2 is 1.72 bits per heavy atom. The van der Waals surface area contributed by atoms with E-state index in [9.17, 15) is 14.4 Å². The number of fused-ring (bicyclic) bond motifs is 2. The normalized spacial score (nSPS) is 26.6. The van der Waals surface area contributed by atoms with Gasteiger partial charge in [-0.25, -0.2) is 9.78 Å². The number of hydrogen-bond donors (Lipinski definition) is 1. The molecule has 2 fully saturated rings. The summed E-state index contributed by atoms with van der Waals surface area (Å²) >= 11 is 0. The molecule has 2 saturated heterocycles.